The Morgan fingerprint density at radius 1 is 1.53 bits per heavy atom. The van der Waals surface area contributed by atoms with Crippen LogP contribution < -0.4 is 0 Å². The number of hydrogen-bond acceptors (Lipinski definition) is 3. The van der Waals surface area contributed by atoms with Crippen molar-refractivity contribution >= 4 is 27.9 Å². The van der Waals surface area contributed by atoms with Gasteiger partial charge in [0.25, 0.3) is 0 Å². The molecule has 1 aliphatic heterocycles. The van der Waals surface area contributed by atoms with E-state index in [9.17, 15) is 9.59 Å². The van der Waals surface area contributed by atoms with Gasteiger partial charge in [-0.2, -0.15) is 0 Å². The molecule has 0 saturated carbocycles. The lowest BCUT2D eigenvalue weighted by atomic mass is 10.00. The molecular weight excluding hydrogens is 286 g/mol. The van der Waals surface area contributed by atoms with Crippen molar-refractivity contribution in [3.05, 3.63) is 23.8 Å². The molecule has 2 aliphatic rings. The first-order chi connectivity index (χ1) is 8.22. The molecule has 0 N–H and O–H groups in total. The minimum Gasteiger partial charge on any atom is -0.447 e. The van der Waals surface area contributed by atoms with E-state index >= 15 is 0 Å². The van der Waals surface area contributed by atoms with E-state index in [0.717, 1.165) is 12.8 Å². The summed E-state index contributed by atoms with van der Waals surface area (Å²) in [5.41, 5.74) is 1.17. The van der Waals surface area contributed by atoms with Crippen molar-refractivity contribution in [1.29, 1.82) is 0 Å². The fourth-order valence-corrected chi connectivity index (χ4v) is 2.34. The summed E-state index contributed by atoms with van der Waals surface area (Å²) in [6.07, 6.45) is 8.57. The second-order valence-electron chi connectivity index (χ2n) is 4.09. The van der Waals surface area contributed by atoms with Crippen LogP contribution in [0.25, 0.3) is 0 Å². The van der Waals surface area contributed by atoms with Crippen LogP contribution in [0, 0.1) is 0 Å². The second-order valence-corrected chi connectivity index (χ2v) is 4.65. The monoisotopic (exact) mass is 299 g/mol. The molecule has 1 heterocycles. The van der Waals surface area contributed by atoms with Gasteiger partial charge in [0, 0.05) is 0 Å². The van der Waals surface area contributed by atoms with Gasteiger partial charge in [-0.15, -0.1) is 0 Å². The third-order valence-electron chi connectivity index (χ3n) is 2.89. The highest BCUT2D eigenvalue weighted by atomic mass is 79.9. The van der Waals surface area contributed by atoms with Crippen LogP contribution in [0.1, 0.15) is 19.3 Å². The fraction of sp³-hybridized carbons (Fsp3) is 0.500. The predicted molar refractivity (Wildman–Crippen MR) is 66.9 cm³/mol. The zero-order chi connectivity index (χ0) is 12.3. The number of rotatable bonds is 3. The van der Waals surface area contributed by atoms with Crippen LogP contribution >= 0.6 is 15.9 Å². The molecule has 1 unspecified atom stereocenters. The predicted octanol–water partition coefficient (Wildman–Crippen LogP) is 2.40. The quantitative estimate of drug-likeness (QED) is 0.752. The van der Waals surface area contributed by atoms with Crippen molar-refractivity contribution in [2.75, 3.05) is 11.9 Å². The standard InChI is InChI=1S/C12H14BrNO3/c13-7-11(15)14-10(8-17-12(14)16)6-9-4-2-1-3-5-9/h2,4-5,10H,1,3,6-8H2. The van der Waals surface area contributed by atoms with E-state index in [-0.39, 0.29) is 17.3 Å². The topological polar surface area (TPSA) is 46.6 Å². The summed E-state index contributed by atoms with van der Waals surface area (Å²) in [5, 5.41) is 0.146. The SMILES string of the molecule is O=C(CBr)N1C(=O)OCC1CC1=CCCC=C1. The first-order valence-corrected chi connectivity index (χ1v) is 6.75. The highest BCUT2D eigenvalue weighted by Gasteiger charge is 2.37. The Morgan fingerprint density at radius 2 is 2.35 bits per heavy atom. The zero-order valence-corrected chi connectivity index (χ0v) is 11.0. The van der Waals surface area contributed by atoms with Gasteiger partial charge in [-0.25, -0.2) is 9.69 Å². The number of nitrogens with zero attached hydrogens (tertiary/aromatic N) is 1. The molecule has 0 bridgehead atoms. The van der Waals surface area contributed by atoms with Crippen molar-refractivity contribution in [3.63, 3.8) is 0 Å². The smallest absolute Gasteiger partial charge is 0.417 e. The number of halogens is 1. The molecule has 4 nitrogen and oxygen atoms in total. The molecule has 2 rings (SSSR count). The zero-order valence-electron chi connectivity index (χ0n) is 9.39. The number of amides is 2. The molecule has 0 aromatic heterocycles. The van der Waals surface area contributed by atoms with Gasteiger partial charge in [0.15, 0.2) is 0 Å². The van der Waals surface area contributed by atoms with Crippen LogP contribution in [0.15, 0.2) is 23.8 Å². The van der Waals surface area contributed by atoms with E-state index in [1.807, 2.05) is 0 Å². The molecule has 0 radical (unpaired) electrons. The average Bonchev–Trinajstić information content (AvgIpc) is 2.71. The second kappa shape index (κ2) is 5.49. The summed E-state index contributed by atoms with van der Waals surface area (Å²) in [4.78, 5) is 24.3. The third-order valence-corrected chi connectivity index (χ3v) is 3.37. The lowest BCUT2D eigenvalue weighted by molar-refractivity contribution is -0.126. The molecule has 1 fully saturated rings. The van der Waals surface area contributed by atoms with Crippen LogP contribution in [0.3, 0.4) is 0 Å². The number of cyclic esters (lactones) is 1. The first-order valence-electron chi connectivity index (χ1n) is 5.62. The van der Waals surface area contributed by atoms with Gasteiger partial charge in [0.2, 0.25) is 5.91 Å². The lowest BCUT2D eigenvalue weighted by Crippen LogP contribution is -2.39. The van der Waals surface area contributed by atoms with Crippen LogP contribution in [0.4, 0.5) is 4.79 Å². The molecule has 1 saturated heterocycles. The maximum absolute atomic E-state index is 11.6. The van der Waals surface area contributed by atoms with Gasteiger partial charge < -0.3 is 4.74 Å². The highest BCUT2D eigenvalue weighted by molar-refractivity contribution is 9.09. The fourth-order valence-electron chi connectivity index (χ4n) is 2.07. The summed E-state index contributed by atoms with van der Waals surface area (Å²) in [6, 6.07) is -0.165. The summed E-state index contributed by atoms with van der Waals surface area (Å²) >= 11 is 3.08. The largest absolute Gasteiger partial charge is 0.447 e. The van der Waals surface area contributed by atoms with Crippen molar-refractivity contribution in [2.45, 2.75) is 25.3 Å². The molecule has 17 heavy (non-hydrogen) atoms. The lowest BCUT2D eigenvalue weighted by Gasteiger charge is -2.19. The Morgan fingerprint density at radius 3 is 3.00 bits per heavy atom. The van der Waals surface area contributed by atoms with Crippen LogP contribution in [-0.4, -0.2) is 34.9 Å². The summed E-state index contributed by atoms with van der Waals surface area (Å²) < 4.78 is 4.94. The summed E-state index contributed by atoms with van der Waals surface area (Å²) in [7, 11) is 0. The molecule has 0 aromatic rings. The average molecular weight is 300 g/mol. The molecule has 1 atom stereocenters. The Kier molecular flexibility index (Phi) is 3.99. The molecular formula is C12H14BrNO3. The number of imide groups is 1. The van der Waals surface area contributed by atoms with E-state index in [4.69, 9.17) is 4.74 Å². The molecule has 1 aliphatic carbocycles. The number of allylic oxidation sites excluding steroid dienone is 3. The Hall–Kier alpha value is -1.10. The summed E-state index contributed by atoms with van der Waals surface area (Å²) in [5.74, 6) is -0.238. The van der Waals surface area contributed by atoms with Crippen molar-refractivity contribution in [2.24, 2.45) is 0 Å². The van der Waals surface area contributed by atoms with Crippen molar-refractivity contribution < 1.29 is 14.3 Å². The van der Waals surface area contributed by atoms with E-state index < -0.39 is 6.09 Å². The van der Waals surface area contributed by atoms with Gasteiger partial charge in [-0.1, -0.05) is 39.7 Å². The van der Waals surface area contributed by atoms with E-state index in [2.05, 4.69) is 34.2 Å². The van der Waals surface area contributed by atoms with Crippen LogP contribution in [0.5, 0.6) is 0 Å². The normalized spacial score (nSPS) is 23.6. The number of alkyl halides is 1. The molecule has 5 heteroatoms. The Balaban J connectivity index is 2.04. The minimum absolute atomic E-state index is 0.146. The molecule has 0 aromatic carbocycles. The molecule has 2 amide bonds. The first kappa shape index (κ1) is 12.4. The van der Waals surface area contributed by atoms with Gasteiger partial charge in [-0.3, -0.25) is 4.79 Å². The minimum atomic E-state index is -0.528. The van der Waals surface area contributed by atoms with Gasteiger partial charge >= 0.3 is 6.09 Å². The molecule has 92 valence electrons. The van der Waals surface area contributed by atoms with Crippen LogP contribution in [0.2, 0.25) is 0 Å². The van der Waals surface area contributed by atoms with Gasteiger partial charge in [0.1, 0.15) is 6.61 Å². The maximum Gasteiger partial charge on any atom is 0.417 e. The van der Waals surface area contributed by atoms with Gasteiger partial charge in [-0.05, 0) is 19.3 Å². The number of hydrogen-bond donors (Lipinski definition) is 0. The number of ether oxygens (including phenoxy) is 1. The van der Waals surface area contributed by atoms with Gasteiger partial charge in [0.05, 0.1) is 11.4 Å². The highest BCUT2D eigenvalue weighted by Crippen LogP contribution is 2.23. The summed E-state index contributed by atoms with van der Waals surface area (Å²) in [6.45, 7) is 0.294. The third kappa shape index (κ3) is 2.77. The maximum atomic E-state index is 11.6. The van der Waals surface area contributed by atoms with Crippen molar-refractivity contribution in [3.8, 4) is 0 Å². The van der Waals surface area contributed by atoms with Crippen LogP contribution in [-0.2, 0) is 9.53 Å². The Labute approximate surface area is 108 Å². The number of carbonyl (C=O) groups excluding carboxylic acids is 2. The molecule has 0 spiro atoms. The van der Waals surface area contributed by atoms with Crippen molar-refractivity contribution in [1.82, 2.24) is 4.90 Å². The number of carbonyl (C=O) groups is 2. The van der Waals surface area contributed by atoms with E-state index in [1.165, 1.54) is 10.5 Å². The van der Waals surface area contributed by atoms with E-state index in [0.29, 0.717) is 13.0 Å². The van der Waals surface area contributed by atoms with E-state index in [1.54, 1.807) is 0 Å². The Bertz CT molecular complexity index is 389.